The zero-order valence-electron chi connectivity index (χ0n) is 12.4. The number of rotatable bonds is 3. The van der Waals surface area contributed by atoms with Crippen molar-refractivity contribution in [1.29, 1.82) is 0 Å². The van der Waals surface area contributed by atoms with Gasteiger partial charge in [0.2, 0.25) is 0 Å². The van der Waals surface area contributed by atoms with Crippen LogP contribution in [0.25, 0.3) is 0 Å². The van der Waals surface area contributed by atoms with Crippen molar-refractivity contribution in [1.82, 2.24) is 9.88 Å². The Kier molecular flexibility index (Phi) is 4.07. The van der Waals surface area contributed by atoms with Crippen LogP contribution in [0.4, 0.5) is 5.69 Å². The Bertz CT molecular complexity index is 689. The van der Waals surface area contributed by atoms with Gasteiger partial charge in [0, 0.05) is 26.0 Å². The number of aromatic nitrogens is 1. The van der Waals surface area contributed by atoms with Crippen LogP contribution >= 0.6 is 0 Å². The molecule has 6 heteroatoms. The van der Waals surface area contributed by atoms with E-state index in [-0.39, 0.29) is 17.5 Å². The van der Waals surface area contributed by atoms with Crippen LogP contribution in [0.15, 0.2) is 28.8 Å². The van der Waals surface area contributed by atoms with Gasteiger partial charge in [-0.15, -0.1) is 0 Å². The summed E-state index contributed by atoms with van der Waals surface area (Å²) in [7, 11) is 3.29. The van der Waals surface area contributed by atoms with Crippen LogP contribution in [-0.2, 0) is 0 Å². The molecule has 2 aromatic heterocycles. The van der Waals surface area contributed by atoms with Gasteiger partial charge in [0.1, 0.15) is 17.2 Å². The van der Waals surface area contributed by atoms with Crippen molar-refractivity contribution < 1.29 is 14.0 Å². The van der Waals surface area contributed by atoms with Crippen LogP contribution < -0.4 is 5.32 Å². The molecular weight excluding hydrogens is 270 g/mol. The lowest BCUT2D eigenvalue weighted by molar-refractivity contribution is 0.0821. The minimum atomic E-state index is -0.279. The van der Waals surface area contributed by atoms with E-state index in [0.717, 1.165) is 0 Å². The van der Waals surface area contributed by atoms with Crippen LogP contribution in [0.3, 0.4) is 0 Å². The van der Waals surface area contributed by atoms with Crippen LogP contribution in [0, 0.1) is 13.8 Å². The van der Waals surface area contributed by atoms with Gasteiger partial charge in [-0.25, -0.2) is 0 Å². The molecule has 0 bridgehead atoms. The van der Waals surface area contributed by atoms with Gasteiger partial charge in [-0.3, -0.25) is 14.6 Å². The molecule has 6 nitrogen and oxygen atoms in total. The number of amides is 2. The number of carbonyl (C=O) groups is 2. The van der Waals surface area contributed by atoms with Crippen molar-refractivity contribution >= 4 is 17.5 Å². The van der Waals surface area contributed by atoms with E-state index < -0.39 is 0 Å². The molecule has 0 aliphatic heterocycles. The Hall–Kier alpha value is -2.63. The molecule has 0 radical (unpaired) electrons. The number of anilines is 1. The topological polar surface area (TPSA) is 75.4 Å². The number of nitrogens with one attached hydrogen (secondary N) is 1. The minimum Gasteiger partial charge on any atom is -0.466 e. The molecule has 2 rings (SSSR count). The first-order valence-corrected chi connectivity index (χ1v) is 6.44. The lowest BCUT2D eigenvalue weighted by Crippen LogP contribution is -2.23. The van der Waals surface area contributed by atoms with Crippen LogP contribution in [0.5, 0.6) is 0 Å². The molecule has 2 amide bonds. The molecule has 0 saturated heterocycles. The molecule has 110 valence electrons. The fraction of sp³-hybridized carbons (Fsp3) is 0.267. The average Bonchev–Trinajstić information content (AvgIpc) is 2.77. The normalized spacial score (nSPS) is 10.3. The molecule has 0 aliphatic rings. The standard InChI is InChI=1S/C15H17N3O3/c1-9-7-12(10(2)21-9)14(19)17-11-5-6-16-13(8-11)15(20)18(3)4/h5-8H,1-4H3,(H,16,17,19). The molecule has 0 saturated carbocycles. The molecule has 0 fully saturated rings. The minimum absolute atomic E-state index is 0.221. The van der Waals surface area contributed by atoms with Gasteiger partial charge in [0.05, 0.1) is 5.56 Å². The van der Waals surface area contributed by atoms with Gasteiger partial charge < -0.3 is 14.6 Å². The second kappa shape index (κ2) is 5.78. The SMILES string of the molecule is Cc1cc(C(=O)Nc2ccnc(C(=O)N(C)C)c2)c(C)o1. The van der Waals surface area contributed by atoms with E-state index in [4.69, 9.17) is 4.42 Å². The van der Waals surface area contributed by atoms with E-state index in [0.29, 0.717) is 22.8 Å². The van der Waals surface area contributed by atoms with Crippen molar-refractivity contribution in [2.75, 3.05) is 19.4 Å². The Labute approximate surface area is 122 Å². The van der Waals surface area contributed by atoms with E-state index in [1.165, 1.54) is 11.1 Å². The number of nitrogens with zero attached hydrogens (tertiary/aromatic N) is 2. The summed E-state index contributed by atoms with van der Waals surface area (Å²) in [5, 5.41) is 2.74. The Morgan fingerprint density at radius 3 is 2.52 bits per heavy atom. The third kappa shape index (κ3) is 3.28. The number of pyridine rings is 1. The van der Waals surface area contributed by atoms with Crippen molar-refractivity contribution in [3.8, 4) is 0 Å². The molecule has 0 unspecified atom stereocenters. The number of hydrogen-bond donors (Lipinski definition) is 1. The van der Waals surface area contributed by atoms with E-state index >= 15 is 0 Å². The third-order valence-corrected chi connectivity index (χ3v) is 2.93. The highest BCUT2D eigenvalue weighted by Crippen LogP contribution is 2.16. The Morgan fingerprint density at radius 2 is 1.95 bits per heavy atom. The smallest absolute Gasteiger partial charge is 0.272 e. The van der Waals surface area contributed by atoms with E-state index in [1.54, 1.807) is 46.1 Å². The zero-order valence-corrected chi connectivity index (χ0v) is 12.4. The maximum Gasteiger partial charge on any atom is 0.272 e. The highest BCUT2D eigenvalue weighted by atomic mass is 16.3. The molecule has 0 spiro atoms. The number of furan rings is 1. The number of aryl methyl sites for hydroxylation is 2. The molecule has 0 atom stereocenters. The monoisotopic (exact) mass is 287 g/mol. The quantitative estimate of drug-likeness (QED) is 0.939. The fourth-order valence-corrected chi connectivity index (χ4v) is 1.91. The summed E-state index contributed by atoms with van der Waals surface area (Å²) >= 11 is 0. The van der Waals surface area contributed by atoms with Crippen molar-refractivity contribution in [2.45, 2.75) is 13.8 Å². The van der Waals surface area contributed by atoms with Crippen molar-refractivity contribution in [3.05, 3.63) is 47.2 Å². The molecule has 2 heterocycles. The first kappa shape index (κ1) is 14.8. The van der Waals surface area contributed by atoms with E-state index in [1.807, 2.05) is 0 Å². The van der Waals surface area contributed by atoms with Gasteiger partial charge >= 0.3 is 0 Å². The van der Waals surface area contributed by atoms with Crippen molar-refractivity contribution in [3.63, 3.8) is 0 Å². The van der Waals surface area contributed by atoms with Crippen LogP contribution in [-0.4, -0.2) is 35.8 Å². The number of carbonyl (C=O) groups excluding carboxylic acids is 2. The molecule has 0 aliphatic carbocycles. The fourth-order valence-electron chi connectivity index (χ4n) is 1.91. The third-order valence-electron chi connectivity index (χ3n) is 2.93. The maximum atomic E-state index is 12.2. The summed E-state index contributed by atoms with van der Waals surface area (Å²) < 4.78 is 5.33. The zero-order chi connectivity index (χ0) is 15.6. The Morgan fingerprint density at radius 1 is 1.24 bits per heavy atom. The molecular formula is C15H17N3O3. The average molecular weight is 287 g/mol. The molecule has 1 N–H and O–H groups in total. The van der Waals surface area contributed by atoms with Gasteiger partial charge in [0.15, 0.2) is 0 Å². The summed E-state index contributed by atoms with van der Waals surface area (Å²) in [5.74, 6) is 0.736. The highest BCUT2D eigenvalue weighted by Gasteiger charge is 2.15. The van der Waals surface area contributed by atoms with Gasteiger partial charge in [-0.2, -0.15) is 0 Å². The molecule has 0 aromatic carbocycles. The van der Waals surface area contributed by atoms with Gasteiger partial charge in [0.25, 0.3) is 11.8 Å². The predicted octanol–water partition coefficient (Wildman–Crippen LogP) is 2.25. The summed E-state index contributed by atoms with van der Waals surface area (Å²) in [6.07, 6.45) is 1.49. The number of hydrogen-bond acceptors (Lipinski definition) is 4. The first-order chi connectivity index (χ1) is 9.88. The highest BCUT2D eigenvalue weighted by molar-refractivity contribution is 6.05. The second-order valence-corrected chi connectivity index (χ2v) is 4.91. The maximum absolute atomic E-state index is 12.2. The van der Waals surface area contributed by atoms with Gasteiger partial charge in [-0.05, 0) is 32.0 Å². The molecule has 2 aromatic rings. The van der Waals surface area contributed by atoms with Crippen LogP contribution in [0.2, 0.25) is 0 Å². The van der Waals surface area contributed by atoms with E-state index in [2.05, 4.69) is 10.3 Å². The Balaban J connectivity index is 2.20. The summed E-state index contributed by atoms with van der Waals surface area (Å²) in [4.78, 5) is 29.5. The summed E-state index contributed by atoms with van der Waals surface area (Å²) in [6.45, 7) is 3.51. The second-order valence-electron chi connectivity index (χ2n) is 4.91. The van der Waals surface area contributed by atoms with Crippen LogP contribution in [0.1, 0.15) is 32.4 Å². The largest absolute Gasteiger partial charge is 0.466 e. The summed E-state index contributed by atoms with van der Waals surface area (Å²) in [5.41, 5.74) is 1.26. The molecule has 21 heavy (non-hydrogen) atoms. The lowest BCUT2D eigenvalue weighted by Gasteiger charge is -2.10. The van der Waals surface area contributed by atoms with Crippen molar-refractivity contribution in [2.24, 2.45) is 0 Å². The van der Waals surface area contributed by atoms with Gasteiger partial charge in [-0.1, -0.05) is 0 Å². The first-order valence-electron chi connectivity index (χ1n) is 6.44. The lowest BCUT2D eigenvalue weighted by atomic mass is 10.2. The van der Waals surface area contributed by atoms with E-state index in [9.17, 15) is 9.59 Å². The summed E-state index contributed by atoms with van der Waals surface area (Å²) in [6, 6.07) is 4.85. The predicted molar refractivity (Wildman–Crippen MR) is 78.4 cm³/mol.